The minimum Gasteiger partial charge on any atom is -0.504 e. The van der Waals surface area contributed by atoms with Crippen molar-refractivity contribution in [2.75, 3.05) is 14.2 Å². The third-order valence-corrected chi connectivity index (χ3v) is 5.79. The number of aromatic hydroxyl groups is 2. The molecular weight excluding hydrogens is 448 g/mol. The van der Waals surface area contributed by atoms with Crippen molar-refractivity contribution < 1.29 is 24.1 Å². The van der Waals surface area contributed by atoms with Crippen molar-refractivity contribution in [2.45, 2.75) is 6.92 Å². The van der Waals surface area contributed by atoms with Gasteiger partial charge in [-0.1, -0.05) is 24.3 Å². The second-order valence-corrected chi connectivity index (χ2v) is 7.96. The largest absolute Gasteiger partial charge is 0.504 e. The highest BCUT2D eigenvalue weighted by molar-refractivity contribution is 5.99. The van der Waals surface area contributed by atoms with Crippen LogP contribution in [0.15, 0.2) is 69.9 Å². The zero-order valence-electron chi connectivity index (χ0n) is 19.2. The van der Waals surface area contributed by atoms with E-state index in [1.54, 1.807) is 26.2 Å². The molecule has 0 unspecified atom stereocenters. The van der Waals surface area contributed by atoms with Crippen molar-refractivity contribution >= 4 is 10.8 Å². The number of imidazole rings is 1. The Balaban J connectivity index is 1.82. The number of aromatic amines is 1. The summed E-state index contributed by atoms with van der Waals surface area (Å²) < 4.78 is 16.5. The van der Waals surface area contributed by atoms with Gasteiger partial charge in [-0.15, -0.1) is 0 Å². The number of phenols is 1. The van der Waals surface area contributed by atoms with Gasteiger partial charge >= 0.3 is 0 Å². The van der Waals surface area contributed by atoms with Gasteiger partial charge in [0.2, 0.25) is 11.2 Å². The maximum Gasteiger partial charge on any atom is 0.227 e. The predicted octanol–water partition coefficient (Wildman–Crippen LogP) is 5.25. The zero-order chi connectivity index (χ0) is 24.7. The average Bonchev–Trinajstić information content (AvgIpc) is 3.30. The summed E-state index contributed by atoms with van der Waals surface area (Å²) in [5, 5.41) is 22.5. The van der Waals surface area contributed by atoms with Crippen molar-refractivity contribution in [3.8, 4) is 57.1 Å². The van der Waals surface area contributed by atoms with Gasteiger partial charge in [0.25, 0.3) is 0 Å². The first-order valence-electron chi connectivity index (χ1n) is 10.8. The maximum atomic E-state index is 12.3. The summed E-state index contributed by atoms with van der Waals surface area (Å²) in [5.74, 6) is 1.21. The number of aromatic nitrogens is 2. The molecule has 0 fully saturated rings. The van der Waals surface area contributed by atoms with Crippen LogP contribution >= 0.6 is 0 Å². The Morgan fingerprint density at radius 2 is 1.66 bits per heavy atom. The van der Waals surface area contributed by atoms with E-state index in [9.17, 15) is 15.0 Å². The molecule has 3 aromatic carbocycles. The molecule has 0 spiro atoms. The molecule has 0 radical (unpaired) electrons. The van der Waals surface area contributed by atoms with Crippen LogP contribution in [-0.2, 0) is 0 Å². The number of H-pyrrole nitrogens is 1. The van der Waals surface area contributed by atoms with Gasteiger partial charge in [0, 0.05) is 22.6 Å². The molecule has 0 amide bonds. The number of nitrogens with zero attached hydrogens (tertiary/aromatic N) is 1. The van der Waals surface area contributed by atoms with Crippen LogP contribution in [0.4, 0.5) is 0 Å². The summed E-state index contributed by atoms with van der Waals surface area (Å²) in [7, 11) is 3.07. The molecule has 8 heteroatoms. The third-order valence-electron chi connectivity index (χ3n) is 5.79. The number of ether oxygens (including phenoxy) is 2. The number of fused-ring (bicyclic) bond motifs is 1. The highest BCUT2D eigenvalue weighted by atomic mass is 16.5. The van der Waals surface area contributed by atoms with Gasteiger partial charge < -0.3 is 29.1 Å². The van der Waals surface area contributed by atoms with E-state index in [1.807, 2.05) is 36.4 Å². The monoisotopic (exact) mass is 470 g/mol. The van der Waals surface area contributed by atoms with Gasteiger partial charge in [-0.05, 0) is 42.6 Å². The molecule has 5 aromatic rings. The summed E-state index contributed by atoms with van der Waals surface area (Å²) in [4.78, 5) is 20.4. The van der Waals surface area contributed by atoms with Gasteiger partial charge in [-0.2, -0.15) is 0 Å². The fourth-order valence-electron chi connectivity index (χ4n) is 4.13. The number of phenolic OH excluding ortho intramolecular Hbond substituents is 1. The number of aryl methyl sites for hydroxylation is 1. The van der Waals surface area contributed by atoms with Crippen molar-refractivity contribution in [1.29, 1.82) is 0 Å². The van der Waals surface area contributed by atoms with Crippen LogP contribution in [0, 0.1) is 6.92 Å². The number of methoxy groups -OCH3 is 2. The van der Waals surface area contributed by atoms with Crippen molar-refractivity contribution in [3.63, 3.8) is 0 Å². The molecule has 5 rings (SSSR count). The molecule has 176 valence electrons. The lowest BCUT2D eigenvalue weighted by atomic mass is 10.0. The van der Waals surface area contributed by atoms with Crippen LogP contribution in [0.3, 0.4) is 0 Å². The van der Waals surface area contributed by atoms with Crippen LogP contribution in [0.2, 0.25) is 0 Å². The fraction of sp³-hybridized carbons (Fsp3) is 0.111. The number of hydrogen-bond acceptors (Lipinski definition) is 7. The molecule has 8 nitrogen and oxygen atoms in total. The van der Waals surface area contributed by atoms with E-state index in [0.717, 1.165) is 22.1 Å². The van der Waals surface area contributed by atoms with E-state index in [0.29, 0.717) is 28.5 Å². The molecule has 0 bridgehead atoms. The molecule has 0 atom stereocenters. The molecule has 0 aliphatic carbocycles. The smallest absolute Gasteiger partial charge is 0.227 e. The Kier molecular flexibility index (Phi) is 5.41. The van der Waals surface area contributed by atoms with E-state index in [4.69, 9.17) is 18.9 Å². The number of rotatable bonds is 5. The zero-order valence-corrected chi connectivity index (χ0v) is 19.2. The molecular formula is C27H22N2O6. The maximum absolute atomic E-state index is 12.3. The molecule has 0 aliphatic heterocycles. The highest BCUT2D eigenvalue weighted by Gasteiger charge is 2.23. The second kappa shape index (κ2) is 8.57. The first-order valence-corrected chi connectivity index (χ1v) is 10.8. The molecule has 3 N–H and O–H groups in total. The minimum atomic E-state index is -0.566. The lowest BCUT2D eigenvalue weighted by Gasteiger charge is -2.09. The first kappa shape index (κ1) is 22.1. The van der Waals surface area contributed by atoms with E-state index in [2.05, 4.69) is 4.98 Å². The van der Waals surface area contributed by atoms with Crippen LogP contribution in [0.1, 0.15) is 5.76 Å². The van der Waals surface area contributed by atoms with Crippen LogP contribution in [0.25, 0.3) is 44.9 Å². The van der Waals surface area contributed by atoms with E-state index >= 15 is 0 Å². The quantitative estimate of drug-likeness (QED) is 0.321. The second-order valence-electron chi connectivity index (χ2n) is 7.96. The summed E-state index contributed by atoms with van der Waals surface area (Å²) >= 11 is 0. The SMILES string of the molecule is COc1cc(-c2nc(-c3ccc(OC)c4ccccc34)[nH]c2-c2oc(C)cc(=O)c2O)ccc1O. The van der Waals surface area contributed by atoms with Crippen molar-refractivity contribution in [3.05, 3.63) is 76.6 Å². The summed E-state index contributed by atoms with van der Waals surface area (Å²) in [6.07, 6.45) is 0. The normalized spacial score (nSPS) is 11.1. The third kappa shape index (κ3) is 3.74. The minimum absolute atomic E-state index is 0.0281. The van der Waals surface area contributed by atoms with Gasteiger partial charge in [0.1, 0.15) is 28.7 Å². The Labute approximate surface area is 200 Å². The highest BCUT2D eigenvalue weighted by Crippen LogP contribution is 2.41. The van der Waals surface area contributed by atoms with Gasteiger partial charge in [-0.25, -0.2) is 4.98 Å². The van der Waals surface area contributed by atoms with Crippen molar-refractivity contribution in [2.24, 2.45) is 0 Å². The van der Waals surface area contributed by atoms with Crippen LogP contribution < -0.4 is 14.9 Å². The predicted molar refractivity (Wildman–Crippen MR) is 132 cm³/mol. The Bertz CT molecular complexity index is 1630. The standard InChI is InChI=1S/C27H22N2O6/c1-14-12-20(31)25(32)26(35-14)24-23(15-8-10-19(30)22(13-15)34-3)28-27(29-24)18-9-11-21(33-2)17-7-5-4-6-16(17)18/h4-13,30,32H,1-3H3,(H,28,29). The molecule has 2 heterocycles. The Morgan fingerprint density at radius 3 is 2.40 bits per heavy atom. The molecule has 0 saturated carbocycles. The van der Waals surface area contributed by atoms with Gasteiger partial charge in [0.15, 0.2) is 17.3 Å². The van der Waals surface area contributed by atoms with E-state index in [-0.39, 0.29) is 17.3 Å². The number of benzene rings is 3. The average molecular weight is 470 g/mol. The van der Waals surface area contributed by atoms with Gasteiger partial charge in [-0.3, -0.25) is 4.79 Å². The lowest BCUT2D eigenvalue weighted by Crippen LogP contribution is -2.01. The molecule has 0 saturated heterocycles. The topological polar surface area (TPSA) is 118 Å². The fourth-order valence-corrected chi connectivity index (χ4v) is 4.13. The number of nitrogens with one attached hydrogen (secondary N) is 1. The summed E-state index contributed by atoms with van der Waals surface area (Å²) in [5.41, 5.74) is 1.52. The molecule has 0 aliphatic rings. The molecule has 35 heavy (non-hydrogen) atoms. The van der Waals surface area contributed by atoms with E-state index in [1.165, 1.54) is 19.2 Å². The van der Waals surface area contributed by atoms with Gasteiger partial charge in [0.05, 0.1) is 14.2 Å². The van der Waals surface area contributed by atoms with Crippen LogP contribution in [0.5, 0.6) is 23.0 Å². The van der Waals surface area contributed by atoms with Crippen molar-refractivity contribution in [1.82, 2.24) is 9.97 Å². The summed E-state index contributed by atoms with van der Waals surface area (Å²) in [6.45, 7) is 1.63. The molecule has 2 aromatic heterocycles. The Hall–Kier alpha value is -4.72. The Morgan fingerprint density at radius 1 is 0.914 bits per heavy atom. The summed E-state index contributed by atoms with van der Waals surface area (Å²) in [6, 6.07) is 17.5. The van der Waals surface area contributed by atoms with Crippen LogP contribution in [-0.4, -0.2) is 34.4 Å². The first-order chi connectivity index (χ1) is 16.9. The number of hydrogen-bond donors (Lipinski definition) is 3. The van der Waals surface area contributed by atoms with E-state index < -0.39 is 11.2 Å². The lowest BCUT2D eigenvalue weighted by molar-refractivity contribution is 0.373.